The lowest BCUT2D eigenvalue weighted by Gasteiger charge is -2.11. The highest BCUT2D eigenvalue weighted by Gasteiger charge is 2.36. The van der Waals surface area contributed by atoms with E-state index in [-0.39, 0.29) is 30.8 Å². The van der Waals surface area contributed by atoms with E-state index in [0.717, 1.165) is 34.0 Å². The van der Waals surface area contributed by atoms with E-state index in [2.05, 4.69) is 5.32 Å². The van der Waals surface area contributed by atoms with Crippen LogP contribution in [0.5, 0.6) is 11.5 Å². The van der Waals surface area contributed by atoms with Gasteiger partial charge in [0.25, 0.3) is 11.1 Å². The number of esters is 1. The number of anilines is 1. The third-order valence-electron chi connectivity index (χ3n) is 6.00. The molecule has 0 radical (unpaired) electrons. The summed E-state index contributed by atoms with van der Waals surface area (Å²) in [6.45, 7) is 1.97. The number of amides is 3. The van der Waals surface area contributed by atoms with Crippen molar-refractivity contribution in [3.05, 3.63) is 59.1 Å². The number of para-hydroxylation sites is 1. The molecule has 3 heterocycles. The third-order valence-corrected chi connectivity index (χ3v) is 6.91. The molecule has 1 fully saturated rings. The van der Waals surface area contributed by atoms with E-state index in [0.29, 0.717) is 29.2 Å². The number of imide groups is 1. The highest BCUT2D eigenvalue weighted by molar-refractivity contribution is 8.18. The molecule has 0 bridgehead atoms. The number of rotatable bonds is 9. The molecule has 0 spiro atoms. The van der Waals surface area contributed by atoms with Crippen LogP contribution in [0.25, 0.3) is 17.0 Å². The lowest BCUT2D eigenvalue weighted by atomic mass is 10.1. The smallest absolute Gasteiger partial charge is 0.326 e. The van der Waals surface area contributed by atoms with Crippen LogP contribution < -0.4 is 14.8 Å². The van der Waals surface area contributed by atoms with Gasteiger partial charge in [-0.05, 0) is 42.5 Å². The number of aromatic nitrogens is 1. The van der Waals surface area contributed by atoms with Crippen LogP contribution in [0, 0.1) is 0 Å². The summed E-state index contributed by atoms with van der Waals surface area (Å²) in [6.07, 6.45) is 4.95. The predicted octanol–water partition coefficient (Wildman–Crippen LogP) is 4.39. The number of carbonyl (C=O) groups is 4. The van der Waals surface area contributed by atoms with Crippen molar-refractivity contribution in [3.8, 4) is 11.5 Å². The standard InChI is InChI=1S/C27H25N3O7S/c1-2-3-10-35-25(32)15-30-26(33)23(38-27(30)34)11-17-13-29(20-7-5-4-6-19(17)20)14-24(31)28-18-8-9-21-22(12-18)37-16-36-21/h4-9,11-13H,2-3,10,14-16H2,1H3,(H,28,31)/b23-11-. The van der Waals surface area contributed by atoms with Gasteiger partial charge in [0.05, 0.1) is 11.5 Å². The summed E-state index contributed by atoms with van der Waals surface area (Å²) in [4.78, 5) is 51.3. The van der Waals surface area contributed by atoms with Crippen LogP contribution in [-0.4, -0.2) is 52.4 Å². The van der Waals surface area contributed by atoms with Crippen LogP contribution in [-0.2, 0) is 25.7 Å². The maximum atomic E-state index is 12.9. The first kappa shape index (κ1) is 25.4. The second-order valence-electron chi connectivity index (χ2n) is 8.69. The van der Waals surface area contributed by atoms with Crippen molar-refractivity contribution < 1.29 is 33.4 Å². The van der Waals surface area contributed by atoms with Crippen LogP contribution >= 0.6 is 11.8 Å². The van der Waals surface area contributed by atoms with Crippen molar-refractivity contribution in [1.82, 2.24) is 9.47 Å². The van der Waals surface area contributed by atoms with Crippen molar-refractivity contribution in [3.63, 3.8) is 0 Å². The zero-order chi connectivity index (χ0) is 26.6. The molecule has 2 aliphatic heterocycles. The van der Waals surface area contributed by atoms with Gasteiger partial charge < -0.3 is 24.1 Å². The molecular formula is C27H25N3O7S. The molecule has 0 atom stereocenters. The number of thioether (sulfide) groups is 1. The number of benzene rings is 2. The van der Waals surface area contributed by atoms with Crippen molar-refractivity contribution in [2.75, 3.05) is 25.3 Å². The fourth-order valence-electron chi connectivity index (χ4n) is 4.13. The highest BCUT2D eigenvalue weighted by Crippen LogP contribution is 2.35. The molecule has 0 saturated carbocycles. The number of unbranched alkanes of at least 4 members (excludes halogenated alkanes) is 1. The van der Waals surface area contributed by atoms with Gasteiger partial charge in [-0.25, -0.2) is 0 Å². The normalized spacial score (nSPS) is 15.5. The van der Waals surface area contributed by atoms with E-state index in [4.69, 9.17) is 14.2 Å². The molecule has 5 rings (SSSR count). The number of carbonyl (C=O) groups excluding carboxylic acids is 4. The van der Waals surface area contributed by atoms with Gasteiger partial charge >= 0.3 is 5.97 Å². The topological polar surface area (TPSA) is 116 Å². The summed E-state index contributed by atoms with van der Waals surface area (Å²) in [5, 5.41) is 3.14. The largest absolute Gasteiger partial charge is 0.464 e. The molecule has 2 aromatic carbocycles. The zero-order valence-electron chi connectivity index (χ0n) is 20.6. The van der Waals surface area contributed by atoms with Crippen LogP contribution in [0.1, 0.15) is 25.3 Å². The minimum absolute atomic E-state index is 0.0217. The Morgan fingerprint density at radius 3 is 2.76 bits per heavy atom. The number of nitrogens with one attached hydrogen (secondary N) is 1. The first-order chi connectivity index (χ1) is 18.4. The Kier molecular flexibility index (Phi) is 7.36. The van der Waals surface area contributed by atoms with Gasteiger partial charge in [0.1, 0.15) is 13.1 Å². The lowest BCUT2D eigenvalue weighted by Crippen LogP contribution is -2.34. The van der Waals surface area contributed by atoms with Gasteiger partial charge in [-0.2, -0.15) is 0 Å². The van der Waals surface area contributed by atoms with Gasteiger partial charge in [0.15, 0.2) is 11.5 Å². The second-order valence-corrected chi connectivity index (χ2v) is 9.68. The summed E-state index contributed by atoms with van der Waals surface area (Å²) in [7, 11) is 0. The van der Waals surface area contributed by atoms with E-state index < -0.39 is 23.7 Å². The Balaban J connectivity index is 1.32. The molecule has 3 aromatic rings. The number of hydrogen-bond acceptors (Lipinski definition) is 8. The molecule has 1 aromatic heterocycles. The van der Waals surface area contributed by atoms with Gasteiger partial charge in [-0.1, -0.05) is 31.5 Å². The number of ether oxygens (including phenoxy) is 3. The Hall–Kier alpha value is -4.25. The molecule has 0 unspecified atom stereocenters. The van der Waals surface area contributed by atoms with E-state index in [9.17, 15) is 19.2 Å². The Bertz CT molecular complexity index is 1460. The van der Waals surface area contributed by atoms with Gasteiger partial charge in [0, 0.05) is 34.4 Å². The minimum Gasteiger partial charge on any atom is -0.464 e. The van der Waals surface area contributed by atoms with Crippen LogP contribution in [0.2, 0.25) is 0 Å². The SMILES string of the molecule is CCCCOC(=O)CN1C(=O)S/C(=C\c2cn(CC(=O)Nc3ccc4c(c3)OCO4)c3ccccc23)C1=O. The first-order valence-electron chi connectivity index (χ1n) is 12.1. The molecule has 1 saturated heterocycles. The van der Waals surface area contributed by atoms with Crippen molar-refractivity contribution in [2.45, 2.75) is 26.3 Å². The highest BCUT2D eigenvalue weighted by atomic mass is 32.2. The Morgan fingerprint density at radius 2 is 1.92 bits per heavy atom. The van der Waals surface area contributed by atoms with E-state index in [1.54, 1.807) is 35.0 Å². The maximum Gasteiger partial charge on any atom is 0.326 e. The van der Waals surface area contributed by atoms with Crippen LogP contribution in [0.15, 0.2) is 53.6 Å². The van der Waals surface area contributed by atoms with E-state index in [1.165, 1.54) is 0 Å². The zero-order valence-corrected chi connectivity index (χ0v) is 21.4. The summed E-state index contributed by atoms with van der Waals surface area (Å²) in [5.41, 5.74) is 2.05. The Morgan fingerprint density at radius 1 is 1.11 bits per heavy atom. The predicted molar refractivity (Wildman–Crippen MR) is 142 cm³/mol. The maximum absolute atomic E-state index is 12.9. The molecule has 1 N–H and O–H groups in total. The van der Waals surface area contributed by atoms with Crippen molar-refractivity contribution in [2.24, 2.45) is 0 Å². The number of nitrogens with zero attached hydrogens (tertiary/aromatic N) is 2. The first-order valence-corrected chi connectivity index (χ1v) is 12.9. The monoisotopic (exact) mass is 535 g/mol. The second kappa shape index (κ2) is 11.0. The summed E-state index contributed by atoms with van der Waals surface area (Å²) in [5.74, 6) is -0.225. The molecule has 10 nitrogen and oxygen atoms in total. The average Bonchev–Trinajstić information content (AvgIpc) is 3.57. The van der Waals surface area contributed by atoms with E-state index in [1.807, 2.05) is 31.2 Å². The molecular weight excluding hydrogens is 510 g/mol. The molecule has 38 heavy (non-hydrogen) atoms. The fourth-order valence-corrected chi connectivity index (χ4v) is 4.96. The Labute approximate surface area is 222 Å². The quantitative estimate of drug-likeness (QED) is 0.244. The van der Waals surface area contributed by atoms with Gasteiger partial charge in [-0.3, -0.25) is 24.1 Å². The fraction of sp³-hybridized carbons (Fsp3) is 0.259. The number of fused-ring (bicyclic) bond motifs is 2. The molecule has 0 aliphatic carbocycles. The van der Waals surface area contributed by atoms with Crippen LogP contribution in [0.3, 0.4) is 0 Å². The van der Waals surface area contributed by atoms with Crippen LogP contribution in [0.4, 0.5) is 10.5 Å². The summed E-state index contributed by atoms with van der Waals surface area (Å²) < 4.78 is 17.5. The summed E-state index contributed by atoms with van der Waals surface area (Å²) >= 11 is 0.770. The minimum atomic E-state index is -0.618. The number of hydrogen-bond donors (Lipinski definition) is 1. The third kappa shape index (κ3) is 5.37. The molecule has 196 valence electrons. The van der Waals surface area contributed by atoms with E-state index >= 15 is 0 Å². The lowest BCUT2D eigenvalue weighted by molar-refractivity contribution is -0.146. The van der Waals surface area contributed by atoms with Gasteiger partial charge in [0.2, 0.25) is 12.7 Å². The molecule has 2 aliphatic rings. The summed E-state index contributed by atoms with van der Waals surface area (Å²) in [6, 6.07) is 12.6. The van der Waals surface area contributed by atoms with Crippen molar-refractivity contribution >= 4 is 57.5 Å². The molecule has 11 heteroatoms. The van der Waals surface area contributed by atoms with Crippen molar-refractivity contribution in [1.29, 1.82) is 0 Å². The average molecular weight is 536 g/mol. The van der Waals surface area contributed by atoms with Gasteiger partial charge in [-0.15, -0.1) is 0 Å². The molecule has 3 amide bonds.